The molecule has 0 aliphatic carbocycles. The molecule has 0 fully saturated rings. The van der Waals surface area contributed by atoms with Gasteiger partial charge < -0.3 is 20.1 Å². The van der Waals surface area contributed by atoms with Gasteiger partial charge in [-0.15, -0.1) is 0 Å². The molecule has 0 radical (unpaired) electrons. The minimum absolute atomic E-state index is 0.0195. The summed E-state index contributed by atoms with van der Waals surface area (Å²) in [6.45, 7) is 2.16. The second kappa shape index (κ2) is 9.35. The van der Waals surface area contributed by atoms with Crippen molar-refractivity contribution >= 4 is 5.91 Å². The van der Waals surface area contributed by atoms with E-state index in [-0.39, 0.29) is 5.91 Å². The minimum atomic E-state index is -0.0195. The molecule has 1 aromatic rings. The van der Waals surface area contributed by atoms with Crippen molar-refractivity contribution in [2.45, 2.75) is 13.0 Å². The van der Waals surface area contributed by atoms with Crippen LogP contribution in [0.25, 0.3) is 0 Å². The van der Waals surface area contributed by atoms with E-state index < -0.39 is 0 Å². The van der Waals surface area contributed by atoms with Crippen LogP contribution < -0.4 is 15.4 Å². The second-order valence-electron chi connectivity index (χ2n) is 4.15. The summed E-state index contributed by atoms with van der Waals surface area (Å²) >= 11 is 0. The van der Waals surface area contributed by atoms with Gasteiger partial charge in [0.25, 0.3) is 0 Å². The Kier molecular flexibility index (Phi) is 7.62. The van der Waals surface area contributed by atoms with Crippen LogP contribution in [0.15, 0.2) is 24.3 Å². The molecular weight excluding hydrogens is 244 g/mol. The smallest absolute Gasteiger partial charge is 0.234 e. The summed E-state index contributed by atoms with van der Waals surface area (Å²) in [6, 6.07) is 7.73. The number of carbonyl (C=O) groups excluding carboxylic acids is 1. The van der Waals surface area contributed by atoms with E-state index in [0.29, 0.717) is 26.3 Å². The molecule has 1 rings (SSSR count). The molecular formula is C14H22N2O3. The zero-order valence-electron chi connectivity index (χ0n) is 11.6. The van der Waals surface area contributed by atoms with E-state index in [1.54, 1.807) is 14.2 Å². The number of hydrogen-bond acceptors (Lipinski definition) is 4. The van der Waals surface area contributed by atoms with Gasteiger partial charge in [0.1, 0.15) is 5.75 Å². The van der Waals surface area contributed by atoms with Crippen molar-refractivity contribution in [2.24, 2.45) is 0 Å². The number of ether oxygens (including phenoxy) is 2. The van der Waals surface area contributed by atoms with Crippen molar-refractivity contribution in [3.63, 3.8) is 0 Å². The molecule has 0 unspecified atom stereocenters. The van der Waals surface area contributed by atoms with Crippen LogP contribution in [0, 0.1) is 0 Å². The summed E-state index contributed by atoms with van der Waals surface area (Å²) in [5, 5.41) is 5.63. The Balaban J connectivity index is 2.36. The standard InChI is InChI=1S/C14H22N2O3/c1-15-11-14(17)16-10-12-5-3-6-13(9-12)19-8-4-7-18-2/h3,5-6,9,15H,4,7-8,10-11H2,1-2H3,(H,16,17). The highest BCUT2D eigenvalue weighted by molar-refractivity contribution is 5.77. The monoisotopic (exact) mass is 266 g/mol. The van der Waals surface area contributed by atoms with Gasteiger partial charge in [-0.05, 0) is 24.7 Å². The summed E-state index contributed by atoms with van der Waals surface area (Å²) in [4.78, 5) is 11.3. The average Bonchev–Trinajstić information content (AvgIpc) is 2.42. The normalized spacial score (nSPS) is 10.2. The zero-order valence-corrected chi connectivity index (χ0v) is 11.6. The van der Waals surface area contributed by atoms with Crippen molar-refractivity contribution < 1.29 is 14.3 Å². The number of carbonyl (C=O) groups is 1. The number of rotatable bonds is 9. The van der Waals surface area contributed by atoms with E-state index in [9.17, 15) is 4.79 Å². The lowest BCUT2D eigenvalue weighted by Gasteiger charge is -2.09. The first-order chi connectivity index (χ1) is 9.26. The predicted molar refractivity (Wildman–Crippen MR) is 74.2 cm³/mol. The molecule has 2 N–H and O–H groups in total. The maximum absolute atomic E-state index is 11.3. The lowest BCUT2D eigenvalue weighted by molar-refractivity contribution is -0.120. The summed E-state index contributed by atoms with van der Waals surface area (Å²) in [5.74, 6) is 0.797. The molecule has 0 saturated carbocycles. The van der Waals surface area contributed by atoms with Crippen molar-refractivity contribution in [3.05, 3.63) is 29.8 Å². The van der Waals surface area contributed by atoms with Crippen molar-refractivity contribution in [2.75, 3.05) is 33.9 Å². The van der Waals surface area contributed by atoms with E-state index in [4.69, 9.17) is 9.47 Å². The van der Waals surface area contributed by atoms with E-state index in [1.165, 1.54) is 0 Å². The highest BCUT2D eigenvalue weighted by Crippen LogP contribution is 2.13. The molecule has 106 valence electrons. The SMILES string of the molecule is CNCC(=O)NCc1cccc(OCCCOC)c1. The fourth-order valence-electron chi connectivity index (χ4n) is 1.56. The first-order valence-electron chi connectivity index (χ1n) is 6.38. The van der Waals surface area contributed by atoms with Gasteiger partial charge in [0.05, 0.1) is 13.2 Å². The van der Waals surface area contributed by atoms with Crippen molar-refractivity contribution in [3.8, 4) is 5.75 Å². The van der Waals surface area contributed by atoms with Crippen LogP contribution in [0.4, 0.5) is 0 Å². The molecule has 0 atom stereocenters. The van der Waals surface area contributed by atoms with E-state index in [0.717, 1.165) is 17.7 Å². The van der Waals surface area contributed by atoms with Crippen LogP contribution in [0.2, 0.25) is 0 Å². The first kappa shape index (κ1) is 15.5. The fourth-order valence-corrected chi connectivity index (χ4v) is 1.56. The molecule has 5 nitrogen and oxygen atoms in total. The quantitative estimate of drug-likeness (QED) is 0.653. The van der Waals surface area contributed by atoms with Gasteiger partial charge in [-0.1, -0.05) is 12.1 Å². The average molecular weight is 266 g/mol. The third-order valence-electron chi connectivity index (χ3n) is 2.49. The van der Waals surface area contributed by atoms with Crippen LogP contribution in [0.3, 0.4) is 0 Å². The summed E-state index contributed by atoms with van der Waals surface area (Å²) in [6.07, 6.45) is 0.861. The largest absolute Gasteiger partial charge is 0.493 e. The Labute approximate surface area is 114 Å². The lowest BCUT2D eigenvalue weighted by atomic mass is 10.2. The number of likely N-dealkylation sites (N-methyl/N-ethyl adjacent to an activating group) is 1. The van der Waals surface area contributed by atoms with E-state index in [2.05, 4.69) is 10.6 Å². The van der Waals surface area contributed by atoms with Gasteiger partial charge in [0, 0.05) is 26.7 Å². The van der Waals surface area contributed by atoms with Gasteiger partial charge in [-0.25, -0.2) is 0 Å². The van der Waals surface area contributed by atoms with Crippen LogP contribution >= 0.6 is 0 Å². The maximum Gasteiger partial charge on any atom is 0.234 e. The Morgan fingerprint density at radius 2 is 2.16 bits per heavy atom. The molecule has 0 saturated heterocycles. The first-order valence-corrected chi connectivity index (χ1v) is 6.38. The fraction of sp³-hybridized carbons (Fsp3) is 0.500. The predicted octanol–water partition coefficient (Wildman–Crippen LogP) is 0.937. The van der Waals surface area contributed by atoms with Gasteiger partial charge in [-0.2, -0.15) is 0 Å². The number of benzene rings is 1. The molecule has 1 aromatic carbocycles. The molecule has 0 aliphatic rings. The second-order valence-corrected chi connectivity index (χ2v) is 4.15. The van der Waals surface area contributed by atoms with Crippen LogP contribution in [0.1, 0.15) is 12.0 Å². The molecule has 19 heavy (non-hydrogen) atoms. The van der Waals surface area contributed by atoms with Crippen LogP contribution in [-0.2, 0) is 16.1 Å². The van der Waals surface area contributed by atoms with Crippen molar-refractivity contribution in [1.29, 1.82) is 0 Å². The third-order valence-corrected chi connectivity index (χ3v) is 2.49. The Morgan fingerprint density at radius 3 is 2.89 bits per heavy atom. The number of hydrogen-bond donors (Lipinski definition) is 2. The molecule has 0 aliphatic heterocycles. The van der Waals surface area contributed by atoms with Gasteiger partial charge in [0.2, 0.25) is 5.91 Å². The number of nitrogens with one attached hydrogen (secondary N) is 2. The van der Waals surface area contributed by atoms with E-state index in [1.807, 2.05) is 24.3 Å². The van der Waals surface area contributed by atoms with Crippen molar-refractivity contribution in [1.82, 2.24) is 10.6 Å². The Morgan fingerprint density at radius 1 is 1.32 bits per heavy atom. The van der Waals surface area contributed by atoms with Gasteiger partial charge in [-0.3, -0.25) is 4.79 Å². The van der Waals surface area contributed by atoms with E-state index >= 15 is 0 Å². The lowest BCUT2D eigenvalue weighted by Crippen LogP contribution is -2.31. The maximum atomic E-state index is 11.3. The number of methoxy groups -OCH3 is 1. The summed E-state index contributed by atoms with van der Waals surface area (Å²) in [7, 11) is 3.42. The highest BCUT2D eigenvalue weighted by Gasteiger charge is 2.01. The zero-order chi connectivity index (χ0) is 13.9. The molecule has 0 aromatic heterocycles. The molecule has 0 heterocycles. The Bertz CT molecular complexity index is 383. The van der Waals surface area contributed by atoms with Gasteiger partial charge in [0.15, 0.2) is 0 Å². The minimum Gasteiger partial charge on any atom is -0.493 e. The van der Waals surface area contributed by atoms with Crippen LogP contribution in [0.5, 0.6) is 5.75 Å². The summed E-state index contributed by atoms with van der Waals surface area (Å²) in [5.41, 5.74) is 1.02. The highest BCUT2D eigenvalue weighted by atomic mass is 16.5. The van der Waals surface area contributed by atoms with Gasteiger partial charge >= 0.3 is 0 Å². The molecule has 5 heteroatoms. The molecule has 0 bridgehead atoms. The summed E-state index contributed by atoms with van der Waals surface area (Å²) < 4.78 is 10.6. The Hall–Kier alpha value is -1.59. The van der Waals surface area contributed by atoms with Crippen LogP contribution in [-0.4, -0.2) is 39.8 Å². The number of amides is 1. The molecule has 1 amide bonds. The third kappa shape index (κ3) is 6.79. The topological polar surface area (TPSA) is 59.6 Å². The molecule has 0 spiro atoms.